The molecule has 3 amide bonds. The molecule has 0 aliphatic carbocycles. The third-order valence-corrected chi connectivity index (χ3v) is 13.0. The first-order chi connectivity index (χ1) is 36.0. The molecule has 6 N–H and O–H groups in total. The summed E-state index contributed by atoms with van der Waals surface area (Å²) in [5.41, 5.74) is 12.4. The summed E-state index contributed by atoms with van der Waals surface area (Å²) >= 11 is 0. The average molecular weight is 1010 g/mol. The number of rotatable bonds is 25. The van der Waals surface area contributed by atoms with Crippen molar-refractivity contribution in [2.75, 3.05) is 55.6 Å². The van der Waals surface area contributed by atoms with Gasteiger partial charge in [-0.05, 0) is 101 Å². The third kappa shape index (κ3) is 13.5. The molecule has 7 aromatic rings. The number of aromatic nitrogens is 2. The van der Waals surface area contributed by atoms with Crippen LogP contribution < -0.4 is 21.3 Å². The zero-order valence-electron chi connectivity index (χ0n) is 40.5. The van der Waals surface area contributed by atoms with Gasteiger partial charge in [0.25, 0.3) is 0 Å². The molecule has 5 aromatic carbocycles. The number of carbonyl (C=O) groups excluding carboxylic acids is 3. The van der Waals surface area contributed by atoms with E-state index in [4.69, 9.17) is 19.9 Å². The van der Waals surface area contributed by atoms with Gasteiger partial charge in [0.1, 0.15) is 30.7 Å². The van der Waals surface area contributed by atoms with Gasteiger partial charge >= 0.3 is 0 Å². The number of carbonyl (C=O) groups is 3. The Morgan fingerprint density at radius 2 is 1.32 bits per heavy atom. The zero-order chi connectivity index (χ0) is 51.8. The van der Waals surface area contributed by atoms with Crippen LogP contribution in [-0.4, -0.2) is 77.5 Å². The van der Waals surface area contributed by atoms with Crippen LogP contribution >= 0.6 is 0 Å². The smallest absolute Gasteiger partial charge is 0.250 e. The predicted molar refractivity (Wildman–Crippen MR) is 275 cm³/mol. The maximum absolute atomic E-state index is 13.8. The van der Waals surface area contributed by atoms with E-state index < -0.39 is 53.5 Å². The van der Waals surface area contributed by atoms with Crippen LogP contribution in [0.5, 0.6) is 0 Å². The molecule has 0 spiro atoms. The summed E-state index contributed by atoms with van der Waals surface area (Å²) in [5.74, 6) is -3.18. The minimum absolute atomic E-state index is 0.115. The topological polar surface area (TPSA) is 198 Å². The Morgan fingerprint density at radius 1 is 0.676 bits per heavy atom. The largest absolute Gasteiger partial charge is 0.388 e. The standard InChI is InChI=1S/C58H58F2N6O8/c59-42-20-18-39(19-21-42)50(67)27-26-47-55(66(58(47)71)44-24-22-43(60)23-25-44)41-13-8-10-38(34-41)35-64-51(68)36-73-32-30-72-31-33-74-37-52(69)65-48-16-5-4-14-45(48)53(46-15-9-29-63-57(46)61)54(49-17-6-7-28-62-49)56(70)40-11-2-1-3-12-40/h1-25,28-29,34,47,50,53-56,67,70H,26-27,30-33,35-37H2,(H2,61,63)(H,64,68)(H,65,69). The Bertz CT molecular complexity index is 2940. The molecule has 8 rings (SSSR count). The maximum atomic E-state index is 13.8. The fourth-order valence-electron chi connectivity index (χ4n) is 9.36. The number of aliphatic hydroxyl groups excluding tert-OH is 2. The lowest BCUT2D eigenvalue weighted by molar-refractivity contribution is -0.131. The van der Waals surface area contributed by atoms with E-state index in [1.165, 1.54) is 36.4 Å². The summed E-state index contributed by atoms with van der Waals surface area (Å²) < 4.78 is 44.1. The van der Waals surface area contributed by atoms with E-state index in [9.17, 15) is 33.4 Å². The highest BCUT2D eigenvalue weighted by molar-refractivity contribution is 6.03. The number of hydrogen-bond donors (Lipinski definition) is 5. The molecule has 0 bridgehead atoms. The lowest BCUT2D eigenvalue weighted by Crippen LogP contribution is -2.55. The lowest BCUT2D eigenvalue weighted by Gasteiger charge is -2.48. The van der Waals surface area contributed by atoms with E-state index in [1.54, 1.807) is 41.6 Å². The Morgan fingerprint density at radius 3 is 2.04 bits per heavy atom. The SMILES string of the molecule is Nc1ncccc1C(c1ccccc1NC(=O)COCCOCCOCC(=O)NCc1cccc(C2C(CCC(O)c3ccc(F)cc3)C(=O)N2c2ccc(F)cc2)c1)C(c1ccccn1)C(O)c1ccccc1. The van der Waals surface area contributed by atoms with Crippen molar-refractivity contribution < 1.29 is 47.6 Å². The van der Waals surface area contributed by atoms with Crippen LogP contribution in [0.15, 0.2) is 170 Å². The van der Waals surface area contributed by atoms with Crippen LogP contribution in [0.1, 0.15) is 82.0 Å². The van der Waals surface area contributed by atoms with E-state index in [-0.39, 0.29) is 70.2 Å². The number of nitrogen functional groups attached to an aromatic ring is 1. The van der Waals surface area contributed by atoms with Crippen LogP contribution in [0.2, 0.25) is 0 Å². The molecule has 1 aliphatic rings. The first-order valence-electron chi connectivity index (χ1n) is 24.4. The first-order valence-corrected chi connectivity index (χ1v) is 24.4. The van der Waals surface area contributed by atoms with Crippen molar-refractivity contribution in [3.8, 4) is 0 Å². The van der Waals surface area contributed by atoms with Gasteiger partial charge in [-0.15, -0.1) is 0 Å². The number of hydrogen-bond acceptors (Lipinski definition) is 11. The summed E-state index contributed by atoms with van der Waals surface area (Å²) in [4.78, 5) is 50.3. The number of benzene rings is 5. The van der Waals surface area contributed by atoms with E-state index in [0.29, 0.717) is 45.7 Å². The molecule has 2 aromatic heterocycles. The molecule has 1 aliphatic heterocycles. The second-order valence-corrected chi connectivity index (χ2v) is 17.8. The van der Waals surface area contributed by atoms with Crippen molar-refractivity contribution in [2.24, 2.45) is 5.92 Å². The molecule has 6 atom stereocenters. The predicted octanol–water partition coefficient (Wildman–Crippen LogP) is 8.51. The highest BCUT2D eigenvalue weighted by Gasteiger charge is 2.48. The van der Waals surface area contributed by atoms with Gasteiger partial charge in [-0.3, -0.25) is 19.4 Å². The van der Waals surface area contributed by atoms with Gasteiger partial charge in [-0.2, -0.15) is 0 Å². The van der Waals surface area contributed by atoms with E-state index >= 15 is 0 Å². The van der Waals surface area contributed by atoms with Crippen molar-refractivity contribution in [3.05, 3.63) is 221 Å². The summed E-state index contributed by atoms with van der Waals surface area (Å²) in [5, 5.41) is 28.7. The summed E-state index contributed by atoms with van der Waals surface area (Å²) in [6.45, 7) is 0.311. The minimum Gasteiger partial charge on any atom is -0.388 e. The molecule has 382 valence electrons. The number of nitrogens with two attached hydrogens (primary N) is 1. The average Bonchev–Trinajstić information content (AvgIpc) is 3.43. The molecule has 0 radical (unpaired) electrons. The number of pyridine rings is 2. The number of para-hydroxylation sites is 1. The van der Waals surface area contributed by atoms with Gasteiger partial charge in [-0.1, -0.05) is 97.1 Å². The monoisotopic (exact) mass is 1000 g/mol. The Hall–Kier alpha value is -7.73. The second-order valence-electron chi connectivity index (χ2n) is 17.8. The van der Waals surface area contributed by atoms with Crippen molar-refractivity contribution in [2.45, 2.75) is 49.5 Å². The molecule has 6 unspecified atom stereocenters. The Balaban J connectivity index is 0.784. The molecule has 74 heavy (non-hydrogen) atoms. The summed E-state index contributed by atoms with van der Waals surface area (Å²) in [7, 11) is 0. The van der Waals surface area contributed by atoms with Gasteiger partial charge in [0, 0.05) is 53.4 Å². The molecule has 0 saturated carbocycles. The number of anilines is 3. The van der Waals surface area contributed by atoms with Crippen LogP contribution in [0.4, 0.5) is 26.0 Å². The molecule has 16 heteroatoms. The third-order valence-electron chi connectivity index (χ3n) is 13.0. The van der Waals surface area contributed by atoms with Gasteiger partial charge in [-0.25, -0.2) is 13.8 Å². The van der Waals surface area contributed by atoms with E-state index in [2.05, 4.69) is 20.6 Å². The lowest BCUT2D eigenvalue weighted by atomic mass is 9.74. The Kier molecular flexibility index (Phi) is 18.3. The van der Waals surface area contributed by atoms with Gasteiger partial charge < -0.3 is 45.7 Å². The molecular weight excluding hydrogens is 947 g/mol. The maximum Gasteiger partial charge on any atom is 0.250 e. The number of aliphatic hydroxyl groups is 2. The zero-order valence-corrected chi connectivity index (χ0v) is 40.5. The fraction of sp³-hybridized carbons (Fsp3) is 0.259. The number of amides is 3. The van der Waals surface area contributed by atoms with Crippen LogP contribution in [0.25, 0.3) is 0 Å². The van der Waals surface area contributed by atoms with E-state index in [0.717, 1.165) is 11.1 Å². The normalized spacial score (nSPS) is 15.9. The molecule has 14 nitrogen and oxygen atoms in total. The number of β-lactam (4-membered cyclic amide) rings is 1. The Labute approximate surface area is 428 Å². The highest BCUT2D eigenvalue weighted by Crippen LogP contribution is 2.49. The van der Waals surface area contributed by atoms with Crippen molar-refractivity contribution in [3.63, 3.8) is 0 Å². The van der Waals surface area contributed by atoms with Gasteiger partial charge in [0.2, 0.25) is 17.7 Å². The van der Waals surface area contributed by atoms with Crippen LogP contribution in [0, 0.1) is 17.6 Å². The van der Waals surface area contributed by atoms with Crippen molar-refractivity contribution >= 4 is 34.9 Å². The number of nitrogens with zero attached hydrogens (tertiary/aromatic N) is 3. The minimum atomic E-state index is -1.01. The molecular formula is C58H58F2N6O8. The first kappa shape index (κ1) is 52.6. The van der Waals surface area contributed by atoms with Crippen LogP contribution in [0.3, 0.4) is 0 Å². The van der Waals surface area contributed by atoms with Crippen LogP contribution in [-0.2, 0) is 35.1 Å². The molecule has 3 heterocycles. The number of nitrogens with one attached hydrogen (secondary N) is 2. The molecule has 1 fully saturated rings. The van der Waals surface area contributed by atoms with Crippen molar-refractivity contribution in [1.29, 1.82) is 0 Å². The number of ether oxygens (including phenoxy) is 3. The molecule has 1 saturated heterocycles. The summed E-state index contributed by atoms with van der Waals surface area (Å²) in [6.07, 6.45) is 2.00. The quantitative estimate of drug-likeness (QED) is 0.0272. The van der Waals surface area contributed by atoms with Gasteiger partial charge in [0.15, 0.2) is 0 Å². The summed E-state index contributed by atoms with van der Waals surface area (Å²) in [6, 6.07) is 44.2. The fourth-order valence-corrected chi connectivity index (χ4v) is 9.36. The van der Waals surface area contributed by atoms with Crippen molar-refractivity contribution in [1.82, 2.24) is 15.3 Å². The highest BCUT2D eigenvalue weighted by atomic mass is 19.1. The number of halogens is 2. The van der Waals surface area contributed by atoms with E-state index in [1.807, 2.05) is 97.1 Å². The second kappa shape index (κ2) is 25.8. The van der Waals surface area contributed by atoms with Gasteiger partial charge in [0.05, 0.1) is 50.6 Å².